The number of hydrogen-bond donors (Lipinski definition) is 3. The minimum atomic E-state index is -1.03. The van der Waals surface area contributed by atoms with Crippen molar-refractivity contribution in [2.75, 3.05) is 13.1 Å². The van der Waals surface area contributed by atoms with Crippen molar-refractivity contribution in [3.63, 3.8) is 0 Å². The third-order valence-electron chi connectivity index (χ3n) is 5.27. The molecule has 3 N–H and O–H groups in total. The van der Waals surface area contributed by atoms with Crippen LogP contribution in [0.5, 0.6) is 0 Å². The topological polar surface area (TPSA) is 78.4 Å². The molecule has 5 heteroatoms. The van der Waals surface area contributed by atoms with Gasteiger partial charge >= 0.3 is 5.97 Å². The van der Waals surface area contributed by atoms with Crippen molar-refractivity contribution in [2.45, 2.75) is 53.5 Å². The Morgan fingerprint density at radius 2 is 1.80 bits per heavy atom. The zero-order valence-electron chi connectivity index (χ0n) is 13.5. The molecule has 1 atom stereocenters. The molecule has 20 heavy (non-hydrogen) atoms. The van der Waals surface area contributed by atoms with Crippen molar-refractivity contribution in [1.82, 2.24) is 10.6 Å². The maximum atomic E-state index is 12.7. The Morgan fingerprint density at radius 3 is 2.15 bits per heavy atom. The van der Waals surface area contributed by atoms with Crippen molar-refractivity contribution in [3.05, 3.63) is 0 Å². The van der Waals surface area contributed by atoms with Crippen LogP contribution in [0, 0.1) is 16.7 Å². The molecular formula is C15H28N2O3. The van der Waals surface area contributed by atoms with Gasteiger partial charge in [-0.25, -0.2) is 0 Å². The van der Waals surface area contributed by atoms with Crippen molar-refractivity contribution >= 4 is 11.9 Å². The summed E-state index contributed by atoms with van der Waals surface area (Å²) in [6.45, 7) is 12.4. The average Bonchev–Trinajstić information content (AvgIpc) is 2.77. The highest BCUT2D eigenvalue weighted by molar-refractivity contribution is 5.85. The van der Waals surface area contributed by atoms with E-state index in [0.717, 1.165) is 13.0 Å². The second-order valence-corrected chi connectivity index (χ2v) is 7.25. The predicted molar refractivity (Wildman–Crippen MR) is 78.4 cm³/mol. The number of hydrogen-bond acceptors (Lipinski definition) is 3. The van der Waals surface area contributed by atoms with Gasteiger partial charge in [-0.1, -0.05) is 13.8 Å². The first-order valence-electron chi connectivity index (χ1n) is 7.24. The molecule has 0 aromatic carbocycles. The fraction of sp³-hybridized carbons (Fsp3) is 0.867. The molecule has 0 saturated carbocycles. The highest BCUT2D eigenvalue weighted by Gasteiger charge is 2.50. The van der Waals surface area contributed by atoms with E-state index in [1.165, 1.54) is 0 Å². The number of carboxylic acids is 1. The maximum Gasteiger partial charge on any atom is 0.311 e. The molecule has 1 unspecified atom stereocenters. The normalized spacial score (nSPS) is 23.9. The second kappa shape index (κ2) is 5.35. The summed E-state index contributed by atoms with van der Waals surface area (Å²) in [6, 6.07) is 0. The van der Waals surface area contributed by atoms with Gasteiger partial charge in [-0.15, -0.1) is 0 Å². The smallest absolute Gasteiger partial charge is 0.311 e. The van der Waals surface area contributed by atoms with Gasteiger partial charge in [0.15, 0.2) is 0 Å². The van der Waals surface area contributed by atoms with Gasteiger partial charge in [0.1, 0.15) is 0 Å². The van der Waals surface area contributed by atoms with Gasteiger partial charge in [0.05, 0.1) is 10.8 Å². The van der Waals surface area contributed by atoms with Crippen LogP contribution in [0.15, 0.2) is 0 Å². The number of carboxylic acid groups (broad SMARTS) is 1. The zero-order valence-corrected chi connectivity index (χ0v) is 13.5. The van der Waals surface area contributed by atoms with Crippen LogP contribution >= 0.6 is 0 Å². The molecule has 1 rings (SSSR count). The predicted octanol–water partition coefficient (Wildman–Crippen LogP) is 1.63. The van der Waals surface area contributed by atoms with Gasteiger partial charge in [-0.2, -0.15) is 0 Å². The molecule has 0 aromatic rings. The Balaban J connectivity index is 2.97. The van der Waals surface area contributed by atoms with Gasteiger partial charge in [-0.3, -0.25) is 9.59 Å². The van der Waals surface area contributed by atoms with E-state index in [0.29, 0.717) is 6.54 Å². The molecule has 1 heterocycles. The van der Waals surface area contributed by atoms with E-state index in [9.17, 15) is 14.7 Å². The minimum Gasteiger partial charge on any atom is -0.481 e. The Hall–Kier alpha value is -1.10. The summed E-state index contributed by atoms with van der Waals surface area (Å²) in [5.41, 5.74) is -2.29. The van der Waals surface area contributed by atoms with Gasteiger partial charge in [0.25, 0.3) is 0 Å². The summed E-state index contributed by atoms with van der Waals surface area (Å²) < 4.78 is 0. The molecule has 0 radical (unpaired) electrons. The monoisotopic (exact) mass is 284 g/mol. The molecule has 1 saturated heterocycles. The first-order valence-corrected chi connectivity index (χ1v) is 7.24. The van der Waals surface area contributed by atoms with Gasteiger partial charge in [0.2, 0.25) is 5.91 Å². The lowest BCUT2D eigenvalue weighted by atomic mass is 9.71. The molecule has 0 spiro atoms. The molecule has 0 aromatic heterocycles. The van der Waals surface area contributed by atoms with Crippen LogP contribution in [0.3, 0.4) is 0 Å². The van der Waals surface area contributed by atoms with E-state index in [2.05, 4.69) is 10.6 Å². The molecule has 0 aliphatic carbocycles. The minimum absolute atomic E-state index is 0.0446. The van der Waals surface area contributed by atoms with E-state index in [1.54, 1.807) is 27.7 Å². The quantitative estimate of drug-likeness (QED) is 0.717. The van der Waals surface area contributed by atoms with E-state index >= 15 is 0 Å². The van der Waals surface area contributed by atoms with Crippen LogP contribution in [0.2, 0.25) is 0 Å². The molecule has 0 bridgehead atoms. The van der Waals surface area contributed by atoms with Gasteiger partial charge in [0, 0.05) is 12.1 Å². The number of carbonyl (C=O) groups excluding carboxylic acids is 1. The molecule has 1 aliphatic rings. The Labute approximate surface area is 121 Å². The highest BCUT2D eigenvalue weighted by atomic mass is 16.4. The fourth-order valence-corrected chi connectivity index (χ4v) is 2.49. The van der Waals surface area contributed by atoms with Crippen molar-refractivity contribution in [2.24, 2.45) is 16.7 Å². The van der Waals surface area contributed by atoms with E-state index in [-0.39, 0.29) is 11.8 Å². The van der Waals surface area contributed by atoms with Crippen LogP contribution in [-0.4, -0.2) is 35.6 Å². The number of rotatable bonds is 5. The Bertz CT molecular complexity index is 394. The zero-order chi connectivity index (χ0) is 15.8. The summed E-state index contributed by atoms with van der Waals surface area (Å²) in [4.78, 5) is 24.2. The van der Waals surface area contributed by atoms with Crippen LogP contribution in [0.25, 0.3) is 0 Å². The molecule has 1 amide bonds. The fourth-order valence-electron chi connectivity index (χ4n) is 2.49. The third kappa shape index (κ3) is 2.68. The van der Waals surface area contributed by atoms with Crippen molar-refractivity contribution in [3.8, 4) is 0 Å². The van der Waals surface area contributed by atoms with Gasteiger partial charge in [-0.05, 0) is 46.6 Å². The number of aliphatic carboxylic acids is 1. The molecule has 5 nitrogen and oxygen atoms in total. The summed E-state index contributed by atoms with van der Waals surface area (Å²) >= 11 is 0. The van der Waals surface area contributed by atoms with Crippen LogP contribution in [0.4, 0.5) is 0 Å². The largest absolute Gasteiger partial charge is 0.481 e. The Kier molecular flexibility index (Phi) is 4.54. The SMILES string of the molecule is CC(C)C1(C(=O)NC(C)(C)C(C)(C)C(=O)O)CCNC1. The lowest BCUT2D eigenvalue weighted by Gasteiger charge is -2.42. The van der Waals surface area contributed by atoms with Crippen LogP contribution in [-0.2, 0) is 9.59 Å². The van der Waals surface area contributed by atoms with E-state index in [1.807, 2.05) is 13.8 Å². The Morgan fingerprint density at radius 1 is 1.25 bits per heavy atom. The van der Waals surface area contributed by atoms with Crippen molar-refractivity contribution < 1.29 is 14.7 Å². The molecular weight excluding hydrogens is 256 g/mol. The molecule has 1 aliphatic heterocycles. The first kappa shape index (κ1) is 17.0. The molecule has 116 valence electrons. The lowest BCUT2D eigenvalue weighted by molar-refractivity contribution is -0.152. The summed E-state index contributed by atoms with van der Waals surface area (Å²) in [5.74, 6) is -0.746. The summed E-state index contributed by atoms with van der Waals surface area (Å²) in [7, 11) is 0. The molecule has 1 fully saturated rings. The standard InChI is InChI=1S/C15H28N2O3/c1-10(2)15(7-8-16-9-15)11(18)17-14(5,6)13(3,4)12(19)20/h10,16H,7-9H2,1-6H3,(H,17,18)(H,19,20). The van der Waals surface area contributed by atoms with Gasteiger partial charge < -0.3 is 15.7 Å². The first-order chi connectivity index (χ1) is 8.97. The summed E-state index contributed by atoms with van der Waals surface area (Å²) in [5, 5.41) is 15.6. The van der Waals surface area contributed by atoms with E-state index in [4.69, 9.17) is 0 Å². The van der Waals surface area contributed by atoms with Crippen molar-refractivity contribution in [1.29, 1.82) is 0 Å². The highest BCUT2D eigenvalue weighted by Crippen LogP contribution is 2.37. The number of amides is 1. The maximum absolute atomic E-state index is 12.7. The third-order valence-corrected chi connectivity index (χ3v) is 5.27. The second-order valence-electron chi connectivity index (χ2n) is 7.25. The van der Waals surface area contributed by atoms with Crippen LogP contribution < -0.4 is 10.6 Å². The number of nitrogens with one attached hydrogen (secondary N) is 2. The average molecular weight is 284 g/mol. The lowest BCUT2D eigenvalue weighted by Crippen LogP contribution is -2.61. The van der Waals surface area contributed by atoms with Crippen LogP contribution in [0.1, 0.15) is 48.0 Å². The number of carbonyl (C=O) groups is 2. The van der Waals surface area contributed by atoms with E-state index < -0.39 is 22.3 Å². The summed E-state index contributed by atoms with van der Waals surface area (Å²) in [6.07, 6.45) is 0.792.